The molecule has 1 aromatic heterocycles. The molecule has 0 amide bonds. The highest BCUT2D eigenvalue weighted by atomic mass is 79.9. The van der Waals surface area contributed by atoms with Crippen molar-refractivity contribution in [3.8, 4) is 0 Å². The van der Waals surface area contributed by atoms with Crippen LogP contribution in [0.2, 0.25) is 0 Å². The Bertz CT molecular complexity index is 366. The van der Waals surface area contributed by atoms with Gasteiger partial charge in [-0.2, -0.15) is 4.68 Å². The lowest BCUT2D eigenvalue weighted by molar-refractivity contribution is -0.390. The van der Waals surface area contributed by atoms with Gasteiger partial charge in [-0.05, 0) is 27.3 Å². The molecule has 1 heterocycles. The maximum atomic E-state index is 10.6. The van der Waals surface area contributed by atoms with E-state index in [0.717, 1.165) is 19.4 Å². The molecule has 0 N–H and O–H groups in total. The van der Waals surface area contributed by atoms with E-state index in [9.17, 15) is 10.1 Å². The standard InChI is InChI=1S/C11H18BrN3O2/c1-2-3-4-5-6-7-8-14-9-10(12)11(13-14)15(16)17/h9H,2-8H2,1H3. The Labute approximate surface area is 109 Å². The van der Waals surface area contributed by atoms with E-state index in [1.54, 1.807) is 10.9 Å². The second kappa shape index (κ2) is 7.42. The molecule has 0 aromatic carbocycles. The zero-order valence-electron chi connectivity index (χ0n) is 10.1. The highest BCUT2D eigenvalue weighted by Crippen LogP contribution is 2.22. The van der Waals surface area contributed by atoms with Crippen LogP contribution in [0.4, 0.5) is 5.82 Å². The summed E-state index contributed by atoms with van der Waals surface area (Å²) in [6, 6.07) is 0. The molecule has 0 bridgehead atoms. The van der Waals surface area contributed by atoms with Crippen molar-refractivity contribution in [3.63, 3.8) is 0 Å². The van der Waals surface area contributed by atoms with Crippen LogP contribution in [0, 0.1) is 10.1 Å². The number of aromatic nitrogens is 2. The molecule has 0 saturated carbocycles. The summed E-state index contributed by atoms with van der Waals surface area (Å²) in [5.41, 5.74) is 0. The molecule has 5 nitrogen and oxygen atoms in total. The van der Waals surface area contributed by atoms with Gasteiger partial charge in [-0.15, -0.1) is 0 Å². The number of unbranched alkanes of at least 4 members (excludes halogenated alkanes) is 5. The van der Waals surface area contributed by atoms with Crippen molar-refractivity contribution in [2.45, 2.75) is 52.0 Å². The minimum atomic E-state index is -0.470. The Morgan fingerprint density at radius 2 is 2.00 bits per heavy atom. The molecule has 0 saturated heterocycles. The summed E-state index contributed by atoms with van der Waals surface area (Å²) in [6.07, 6.45) is 8.90. The SMILES string of the molecule is CCCCCCCCn1cc(Br)c([N+](=O)[O-])n1. The minimum absolute atomic E-state index is 0.101. The van der Waals surface area contributed by atoms with Gasteiger partial charge in [0.05, 0.1) is 17.8 Å². The van der Waals surface area contributed by atoms with Crippen LogP contribution in [0.5, 0.6) is 0 Å². The van der Waals surface area contributed by atoms with Crippen LogP contribution in [0.15, 0.2) is 10.7 Å². The summed E-state index contributed by atoms with van der Waals surface area (Å²) in [7, 11) is 0. The Kier molecular flexibility index (Phi) is 6.18. The van der Waals surface area contributed by atoms with Gasteiger partial charge in [0.1, 0.15) is 4.47 Å². The monoisotopic (exact) mass is 303 g/mol. The number of hydrogen-bond acceptors (Lipinski definition) is 3. The fraction of sp³-hybridized carbons (Fsp3) is 0.727. The van der Waals surface area contributed by atoms with Crippen molar-refractivity contribution in [1.29, 1.82) is 0 Å². The Hall–Kier alpha value is -0.910. The highest BCUT2D eigenvalue weighted by Gasteiger charge is 2.17. The number of nitro groups is 1. The van der Waals surface area contributed by atoms with Gasteiger partial charge in [-0.3, -0.25) is 0 Å². The van der Waals surface area contributed by atoms with Crippen molar-refractivity contribution in [3.05, 3.63) is 20.8 Å². The molecule has 0 spiro atoms. The first-order chi connectivity index (χ1) is 8.15. The summed E-state index contributed by atoms with van der Waals surface area (Å²) < 4.78 is 2.09. The molecule has 1 aromatic rings. The number of hydrogen-bond donors (Lipinski definition) is 0. The average Bonchev–Trinajstić information content (AvgIpc) is 2.65. The molecule has 0 aliphatic heterocycles. The first kappa shape index (κ1) is 14.2. The van der Waals surface area contributed by atoms with Crippen LogP contribution in [-0.4, -0.2) is 14.7 Å². The van der Waals surface area contributed by atoms with Crippen molar-refractivity contribution >= 4 is 21.7 Å². The summed E-state index contributed by atoms with van der Waals surface area (Å²) in [5, 5.41) is 14.5. The maximum Gasteiger partial charge on any atom is 0.404 e. The maximum absolute atomic E-state index is 10.6. The zero-order chi connectivity index (χ0) is 12.7. The van der Waals surface area contributed by atoms with Crippen molar-refractivity contribution in [1.82, 2.24) is 9.78 Å². The quantitative estimate of drug-likeness (QED) is 0.415. The number of aryl methyl sites for hydroxylation is 1. The molecular formula is C11H18BrN3O2. The lowest BCUT2D eigenvalue weighted by Gasteiger charge is -1.98. The molecule has 0 radical (unpaired) electrons. The molecule has 0 atom stereocenters. The molecule has 0 aliphatic carbocycles. The lowest BCUT2D eigenvalue weighted by atomic mass is 10.1. The summed E-state index contributed by atoms with van der Waals surface area (Å²) >= 11 is 3.14. The van der Waals surface area contributed by atoms with Crippen LogP contribution in [-0.2, 0) is 6.54 Å². The van der Waals surface area contributed by atoms with E-state index in [1.165, 1.54) is 25.7 Å². The van der Waals surface area contributed by atoms with Crippen LogP contribution >= 0.6 is 15.9 Å². The molecule has 6 heteroatoms. The molecule has 1 rings (SSSR count). The topological polar surface area (TPSA) is 61.0 Å². The number of rotatable bonds is 8. The average molecular weight is 304 g/mol. The van der Waals surface area contributed by atoms with E-state index in [-0.39, 0.29) is 5.82 Å². The fourth-order valence-electron chi connectivity index (χ4n) is 1.68. The predicted octanol–water partition coefficient (Wildman–Crippen LogP) is 3.91. The number of nitrogens with zero attached hydrogens (tertiary/aromatic N) is 3. The van der Waals surface area contributed by atoms with Crippen LogP contribution in [0.25, 0.3) is 0 Å². The van der Waals surface area contributed by atoms with Crippen molar-refractivity contribution in [2.24, 2.45) is 0 Å². The van der Waals surface area contributed by atoms with E-state index < -0.39 is 4.92 Å². The zero-order valence-corrected chi connectivity index (χ0v) is 11.6. The van der Waals surface area contributed by atoms with E-state index in [4.69, 9.17) is 0 Å². The van der Waals surface area contributed by atoms with E-state index in [2.05, 4.69) is 28.0 Å². The largest absolute Gasteiger partial charge is 0.404 e. The predicted molar refractivity (Wildman–Crippen MR) is 70.0 cm³/mol. The molecule has 0 fully saturated rings. The van der Waals surface area contributed by atoms with Gasteiger partial charge in [0.25, 0.3) is 0 Å². The molecule has 17 heavy (non-hydrogen) atoms. The van der Waals surface area contributed by atoms with Crippen LogP contribution < -0.4 is 0 Å². The van der Waals surface area contributed by atoms with Crippen LogP contribution in [0.1, 0.15) is 45.4 Å². The minimum Gasteiger partial charge on any atom is -0.358 e. The molecular weight excluding hydrogens is 286 g/mol. The lowest BCUT2D eigenvalue weighted by Crippen LogP contribution is -1.99. The smallest absolute Gasteiger partial charge is 0.358 e. The fourth-order valence-corrected chi connectivity index (χ4v) is 2.14. The van der Waals surface area contributed by atoms with Crippen LogP contribution in [0.3, 0.4) is 0 Å². The van der Waals surface area contributed by atoms with Gasteiger partial charge >= 0.3 is 5.82 Å². The second-order valence-corrected chi connectivity index (χ2v) is 4.94. The Morgan fingerprint density at radius 3 is 2.59 bits per heavy atom. The molecule has 96 valence electrons. The third kappa shape index (κ3) is 4.85. The summed E-state index contributed by atoms with van der Waals surface area (Å²) in [6.45, 7) is 2.94. The molecule has 0 unspecified atom stereocenters. The van der Waals surface area contributed by atoms with Gasteiger partial charge in [-0.1, -0.05) is 39.0 Å². The number of halogens is 1. The second-order valence-electron chi connectivity index (χ2n) is 4.09. The van der Waals surface area contributed by atoms with E-state index in [0.29, 0.717) is 4.47 Å². The molecule has 0 aliphatic rings. The highest BCUT2D eigenvalue weighted by molar-refractivity contribution is 9.10. The Balaban J connectivity index is 2.27. The third-order valence-electron chi connectivity index (χ3n) is 2.61. The van der Waals surface area contributed by atoms with Crippen molar-refractivity contribution < 1.29 is 4.92 Å². The third-order valence-corrected chi connectivity index (χ3v) is 3.17. The van der Waals surface area contributed by atoms with Gasteiger partial charge < -0.3 is 10.1 Å². The van der Waals surface area contributed by atoms with E-state index >= 15 is 0 Å². The normalized spacial score (nSPS) is 10.7. The van der Waals surface area contributed by atoms with Gasteiger partial charge in [0, 0.05) is 0 Å². The summed E-state index contributed by atoms with van der Waals surface area (Å²) in [4.78, 5) is 10.1. The van der Waals surface area contributed by atoms with Gasteiger partial charge in [0.2, 0.25) is 0 Å². The first-order valence-electron chi connectivity index (χ1n) is 6.02. The first-order valence-corrected chi connectivity index (χ1v) is 6.81. The van der Waals surface area contributed by atoms with Crippen molar-refractivity contribution in [2.75, 3.05) is 0 Å². The van der Waals surface area contributed by atoms with Gasteiger partial charge in [-0.25, -0.2) is 0 Å². The van der Waals surface area contributed by atoms with E-state index in [1.807, 2.05) is 0 Å². The Morgan fingerprint density at radius 1 is 1.35 bits per heavy atom. The van der Waals surface area contributed by atoms with Gasteiger partial charge in [0.15, 0.2) is 0 Å². The summed E-state index contributed by atoms with van der Waals surface area (Å²) in [5.74, 6) is -0.101.